The molecule has 0 saturated carbocycles. The highest BCUT2D eigenvalue weighted by molar-refractivity contribution is 5.12. The van der Waals surface area contributed by atoms with E-state index in [0.717, 1.165) is 12.1 Å². The normalized spacial score (nSPS) is 32.4. The van der Waals surface area contributed by atoms with E-state index in [1.807, 2.05) is 0 Å². The van der Waals surface area contributed by atoms with Crippen molar-refractivity contribution in [3.8, 4) is 0 Å². The summed E-state index contributed by atoms with van der Waals surface area (Å²) in [6.07, 6.45) is 7.38. The van der Waals surface area contributed by atoms with Gasteiger partial charge in [-0.15, -0.1) is 0 Å². The zero-order valence-electron chi connectivity index (χ0n) is 11.1. The van der Waals surface area contributed by atoms with Crippen molar-refractivity contribution < 1.29 is 0 Å². The van der Waals surface area contributed by atoms with Crippen LogP contribution in [0.15, 0.2) is 6.20 Å². The van der Waals surface area contributed by atoms with E-state index in [0.29, 0.717) is 12.0 Å². The zero-order chi connectivity index (χ0) is 12.0. The minimum absolute atomic E-state index is 0.573. The Bertz CT molecular complexity index is 396. The number of hydrogen-bond donors (Lipinski definition) is 1. The van der Waals surface area contributed by atoms with Crippen molar-refractivity contribution in [3.05, 3.63) is 17.7 Å². The molecule has 1 aromatic heterocycles. The first-order chi connectivity index (χ1) is 8.15. The second-order valence-electron chi connectivity index (χ2n) is 6.02. The average molecular weight is 233 g/mol. The van der Waals surface area contributed by atoms with E-state index >= 15 is 0 Å². The van der Waals surface area contributed by atoms with Gasteiger partial charge in [-0.2, -0.15) is 0 Å². The van der Waals surface area contributed by atoms with Crippen molar-refractivity contribution in [2.24, 2.45) is 0 Å². The maximum atomic E-state index is 4.53. The standard InChI is InChI=1S/C14H23N3/c1-9(2)14-8-15-10(3)17(14)13-6-11-4-5-12(7-13)16-11/h8-9,11-13,16H,4-7H2,1-3H3. The quantitative estimate of drug-likeness (QED) is 0.851. The topological polar surface area (TPSA) is 29.9 Å². The third kappa shape index (κ3) is 1.90. The number of fused-ring (bicyclic) bond motifs is 2. The summed E-state index contributed by atoms with van der Waals surface area (Å²) in [6, 6.07) is 2.18. The van der Waals surface area contributed by atoms with Crippen LogP contribution < -0.4 is 5.32 Å². The van der Waals surface area contributed by atoms with E-state index in [2.05, 4.69) is 41.8 Å². The minimum atomic E-state index is 0.573. The summed E-state index contributed by atoms with van der Waals surface area (Å²) in [5, 5.41) is 3.72. The lowest BCUT2D eigenvalue weighted by molar-refractivity contribution is 0.289. The third-order valence-electron chi connectivity index (χ3n) is 4.42. The molecule has 0 aliphatic carbocycles. The van der Waals surface area contributed by atoms with Crippen molar-refractivity contribution in [1.29, 1.82) is 0 Å². The van der Waals surface area contributed by atoms with Gasteiger partial charge in [-0.25, -0.2) is 4.98 Å². The molecule has 2 saturated heterocycles. The van der Waals surface area contributed by atoms with Gasteiger partial charge in [-0.3, -0.25) is 0 Å². The van der Waals surface area contributed by atoms with E-state index in [4.69, 9.17) is 0 Å². The first-order valence-electron chi connectivity index (χ1n) is 6.95. The number of nitrogens with one attached hydrogen (secondary N) is 1. The SMILES string of the molecule is Cc1ncc(C(C)C)n1C1CC2CCC(C1)N2. The van der Waals surface area contributed by atoms with E-state index in [-0.39, 0.29) is 0 Å². The lowest BCUT2D eigenvalue weighted by Crippen LogP contribution is -2.39. The van der Waals surface area contributed by atoms with Crippen molar-refractivity contribution in [1.82, 2.24) is 14.9 Å². The van der Waals surface area contributed by atoms with Gasteiger partial charge >= 0.3 is 0 Å². The Kier molecular flexibility index (Phi) is 2.74. The van der Waals surface area contributed by atoms with Crippen LogP contribution in [0.25, 0.3) is 0 Å². The molecule has 3 heteroatoms. The van der Waals surface area contributed by atoms with E-state index in [9.17, 15) is 0 Å². The highest BCUT2D eigenvalue weighted by atomic mass is 15.1. The molecule has 17 heavy (non-hydrogen) atoms. The van der Waals surface area contributed by atoms with Gasteiger partial charge in [-0.05, 0) is 38.5 Å². The van der Waals surface area contributed by atoms with Gasteiger partial charge in [0.05, 0.1) is 0 Å². The van der Waals surface area contributed by atoms with Crippen molar-refractivity contribution in [2.75, 3.05) is 0 Å². The molecule has 0 spiro atoms. The summed E-state index contributed by atoms with van der Waals surface area (Å²) < 4.78 is 2.51. The molecule has 3 nitrogen and oxygen atoms in total. The molecular weight excluding hydrogens is 210 g/mol. The average Bonchev–Trinajstić information content (AvgIpc) is 2.82. The number of aromatic nitrogens is 2. The zero-order valence-corrected chi connectivity index (χ0v) is 11.1. The lowest BCUT2D eigenvalue weighted by Gasteiger charge is -2.32. The number of nitrogens with zero attached hydrogens (tertiary/aromatic N) is 2. The van der Waals surface area contributed by atoms with Crippen LogP contribution in [-0.2, 0) is 0 Å². The predicted octanol–water partition coefficient (Wildman–Crippen LogP) is 2.77. The molecule has 94 valence electrons. The van der Waals surface area contributed by atoms with Gasteiger partial charge in [0.2, 0.25) is 0 Å². The van der Waals surface area contributed by atoms with Gasteiger partial charge in [0, 0.05) is 30.0 Å². The van der Waals surface area contributed by atoms with Gasteiger partial charge < -0.3 is 9.88 Å². The fourth-order valence-corrected chi connectivity index (χ4v) is 3.61. The van der Waals surface area contributed by atoms with Gasteiger partial charge in [-0.1, -0.05) is 13.8 Å². The molecule has 2 bridgehead atoms. The fourth-order valence-electron chi connectivity index (χ4n) is 3.61. The van der Waals surface area contributed by atoms with Crippen molar-refractivity contribution in [3.63, 3.8) is 0 Å². The number of hydrogen-bond acceptors (Lipinski definition) is 2. The summed E-state index contributed by atoms with van der Waals surface area (Å²) in [5.74, 6) is 1.77. The number of aryl methyl sites for hydroxylation is 1. The fraction of sp³-hybridized carbons (Fsp3) is 0.786. The maximum absolute atomic E-state index is 4.53. The van der Waals surface area contributed by atoms with Crippen LogP contribution in [0.4, 0.5) is 0 Å². The molecular formula is C14H23N3. The molecule has 2 aliphatic rings. The van der Waals surface area contributed by atoms with Crippen LogP contribution in [0.1, 0.15) is 63.0 Å². The summed E-state index contributed by atoms with van der Waals surface area (Å²) >= 11 is 0. The Morgan fingerprint density at radius 2 is 1.94 bits per heavy atom. The Labute approximate surface area is 104 Å². The summed E-state index contributed by atoms with van der Waals surface area (Å²) in [6.45, 7) is 6.68. The Balaban J connectivity index is 1.91. The maximum Gasteiger partial charge on any atom is 0.105 e. The van der Waals surface area contributed by atoms with Crippen molar-refractivity contribution in [2.45, 2.75) is 70.5 Å². The molecule has 1 N–H and O–H groups in total. The molecule has 0 amide bonds. The highest BCUT2D eigenvalue weighted by Crippen LogP contribution is 2.36. The predicted molar refractivity (Wildman–Crippen MR) is 69.3 cm³/mol. The molecule has 2 unspecified atom stereocenters. The molecule has 2 fully saturated rings. The van der Waals surface area contributed by atoms with Gasteiger partial charge in [0.25, 0.3) is 0 Å². The van der Waals surface area contributed by atoms with Crippen LogP contribution in [-0.4, -0.2) is 21.6 Å². The molecule has 3 heterocycles. The van der Waals surface area contributed by atoms with E-state index < -0.39 is 0 Å². The Hall–Kier alpha value is -0.830. The molecule has 1 aromatic rings. The smallest absolute Gasteiger partial charge is 0.105 e. The number of imidazole rings is 1. The van der Waals surface area contributed by atoms with Crippen LogP contribution in [0, 0.1) is 6.92 Å². The van der Waals surface area contributed by atoms with Crippen molar-refractivity contribution >= 4 is 0 Å². The highest BCUT2D eigenvalue weighted by Gasteiger charge is 2.35. The molecule has 3 rings (SSSR count). The summed E-state index contributed by atoms with van der Waals surface area (Å²) in [7, 11) is 0. The van der Waals surface area contributed by atoms with Crippen LogP contribution in [0.3, 0.4) is 0 Å². The number of rotatable bonds is 2. The minimum Gasteiger partial charge on any atom is -0.329 e. The van der Waals surface area contributed by atoms with Crippen LogP contribution in [0.2, 0.25) is 0 Å². The van der Waals surface area contributed by atoms with Crippen LogP contribution in [0.5, 0.6) is 0 Å². The lowest BCUT2D eigenvalue weighted by atomic mass is 9.98. The third-order valence-corrected chi connectivity index (χ3v) is 4.42. The second-order valence-corrected chi connectivity index (χ2v) is 6.02. The summed E-state index contributed by atoms with van der Waals surface area (Å²) in [5.41, 5.74) is 1.41. The van der Waals surface area contributed by atoms with Gasteiger partial charge in [0.1, 0.15) is 5.82 Å². The van der Waals surface area contributed by atoms with E-state index in [1.165, 1.54) is 37.2 Å². The molecule has 0 radical (unpaired) electrons. The van der Waals surface area contributed by atoms with E-state index in [1.54, 1.807) is 0 Å². The first-order valence-corrected chi connectivity index (χ1v) is 6.95. The monoisotopic (exact) mass is 233 g/mol. The molecule has 2 atom stereocenters. The van der Waals surface area contributed by atoms with Crippen LogP contribution >= 0.6 is 0 Å². The Morgan fingerprint density at radius 1 is 1.29 bits per heavy atom. The first kappa shape index (κ1) is 11.3. The van der Waals surface area contributed by atoms with Gasteiger partial charge in [0.15, 0.2) is 0 Å². The largest absolute Gasteiger partial charge is 0.329 e. The second kappa shape index (κ2) is 4.13. The molecule has 0 aromatic carbocycles. The molecule has 2 aliphatic heterocycles. The Morgan fingerprint density at radius 3 is 2.53 bits per heavy atom. The summed E-state index contributed by atoms with van der Waals surface area (Å²) in [4.78, 5) is 4.53. The number of piperidine rings is 1.